The average molecular weight is 551 g/mol. The number of aliphatic carboxylic acids is 1. The van der Waals surface area contributed by atoms with Gasteiger partial charge in [-0.15, -0.1) is 10.2 Å². The van der Waals surface area contributed by atoms with Crippen LogP contribution in [0.3, 0.4) is 0 Å². The van der Waals surface area contributed by atoms with Crippen LogP contribution in [0.1, 0.15) is 12.8 Å². The smallest absolute Gasteiger partial charge is 0.744 e. The van der Waals surface area contributed by atoms with Crippen molar-refractivity contribution < 1.29 is 86.7 Å². The van der Waals surface area contributed by atoms with Crippen molar-refractivity contribution in [1.82, 2.24) is 4.98 Å². The molecule has 0 saturated carbocycles. The van der Waals surface area contributed by atoms with E-state index in [0.29, 0.717) is 34.5 Å². The fraction of sp³-hybridized carbons (Fsp3) is 0.120. The number of aromatic nitrogens is 1. The molecule has 0 fully saturated rings. The maximum Gasteiger partial charge on any atom is 1.00 e. The molecule has 0 amide bonds. The molecule has 4 aromatic rings. The normalized spacial score (nSPS) is 11.1. The van der Waals surface area contributed by atoms with Crippen molar-refractivity contribution in [2.75, 3.05) is 12.3 Å². The predicted octanol–water partition coefficient (Wildman–Crippen LogP) is -2.28. The van der Waals surface area contributed by atoms with Gasteiger partial charge in [0.15, 0.2) is 0 Å². The number of fused-ring (bicyclic) bond motifs is 1. The molecule has 0 spiro atoms. The average Bonchev–Trinajstić information content (AvgIpc) is 2.86. The maximum absolute atomic E-state index is 11.8. The van der Waals surface area contributed by atoms with Crippen LogP contribution in [-0.4, -0.2) is 30.5 Å². The summed E-state index contributed by atoms with van der Waals surface area (Å²) in [6.07, 6.45) is 1.69. The van der Waals surface area contributed by atoms with Gasteiger partial charge in [0, 0.05) is 22.3 Å². The first kappa shape index (κ1) is 31.9. The number of pyridine rings is 1. The first-order valence-electron chi connectivity index (χ1n) is 10.8. The monoisotopic (exact) mass is 550 g/mol. The predicted molar refractivity (Wildman–Crippen MR) is 130 cm³/mol. The van der Waals surface area contributed by atoms with Gasteiger partial charge in [0.05, 0.1) is 29.1 Å². The van der Waals surface area contributed by atoms with E-state index in [0.717, 1.165) is 6.07 Å². The minimum Gasteiger partial charge on any atom is -0.744 e. The second-order valence-electron chi connectivity index (χ2n) is 7.73. The minimum absolute atomic E-state index is 0. The van der Waals surface area contributed by atoms with E-state index in [2.05, 4.69) is 15.2 Å². The zero-order valence-electron chi connectivity index (χ0n) is 20.8. The summed E-state index contributed by atoms with van der Waals surface area (Å²) in [7, 11) is -4.77. The van der Waals surface area contributed by atoms with E-state index in [4.69, 9.17) is 10.5 Å². The molecule has 38 heavy (non-hydrogen) atoms. The zero-order valence-corrected chi connectivity index (χ0v) is 25.6. The molecule has 184 valence electrons. The maximum atomic E-state index is 11.8. The summed E-state index contributed by atoms with van der Waals surface area (Å²) in [5.74, 6) is -0.581. The number of anilines is 1. The fourth-order valence-corrected chi connectivity index (χ4v) is 4.26. The van der Waals surface area contributed by atoms with Crippen molar-refractivity contribution >= 4 is 43.9 Å². The molecule has 13 heteroatoms. The Kier molecular flexibility index (Phi) is 11.9. The molecular formula is C25H20N4Na2O6S. The fourth-order valence-electron chi connectivity index (χ4n) is 3.56. The second-order valence-corrected chi connectivity index (χ2v) is 9.08. The summed E-state index contributed by atoms with van der Waals surface area (Å²) in [4.78, 5) is 14.5. The number of azo groups is 1. The second kappa shape index (κ2) is 14.2. The van der Waals surface area contributed by atoms with E-state index in [9.17, 15) is 22.9 Å². The first-order valence-corrected chi connectivity index (χ1v) is 12.2. The molecule has 4 rings (SSSR count). The number of nitrogens with two attached hydrogens (primary N) is 1. The molecule has 0 aliphatic rings. The van der Waals surface area contributed by atoms with Gasteiger partial charge in [0.2, 0.25) is 0 Å². The summed E-state index contributed by atoms with van der Waals surface area (Å²) in [6.45, 7) is 0.214. The Hall–Kier alpha value is -2.35. The van der Waals surface area contributed by atoms with Gasteiger partial charge >= 0.3 is 59.1 Å². The van der Waals surface area contributed by atoms with Crippen molar-refractivity contribution in [3.63, 3.8) is 0 Å². The number of carboxylic acid groups (broad SMARTS) is 1. The number of nitrogen functional groups attached to an aromatic ring is 1. The Morgan fingerprint density at radius 2 is 1.66 bits per heavy atom. The van der Waals surface area contributed by atoms with Crippen LogP contribution < -0.4 is 74.7 Å². The Morgan fingerprint density at radius 1 is 0.974 bits per heavy atom. The van der Waals surface area contributed by atoms with Crippen LogP contribution in [0.25, 0.3) is 22.0 Å². The van der Waals surface area contributed by atoms with Crippen LogP contribution in [0.2, 0.25) is 0 Å². The molecule has 1 aromatic heterocycles. The van der Waals surface area contributed by atoms with Gasteiger partial charge in [0.25, 0.3) is 0 Å². The molecule has 1 heterocycles. The molecule has 0 saturated heterocycles. The Labute approximate surface area is 263 Å². The first-order chi connectivity index (χ1) is 17.2. The largest absolute Gasteiger partial charge is 1.00 e. The minimum atomic E-state index is -4.77. The van der Waals surface area contributed by atoms with E-state index in [-0.39, 0.29) is 88.9 Å². The van der Waals surface area contributed by atoms with Gasteiger partial charge < -0.3 is 24.9 Å². The molecule has 0 radical (unpaired) electrons. The van der Waals surface area contributed by atoms with Gasteiger partial charge in [-0.3, -0.25) is 4.98 Å². The van der Waals surface area contributed by atoms with Crippen LogP contribution >= 0.6 is 0 Å². The number of carbonyl (C=O) groups excluding carboxylic acids is 1. The number of nitrogens with zero attached hydrogens (tertiary/aromatic N) is 3. The van der Waals surface area contributed by atoms with E-state index >= 15 is 0 Å². The topological polar surface area (TPSA) is 170 Å². The van der Waals surface area contributed by atoms with Crippen LogP contribution in [0, 0.1) is 0 Å². The number of ether oxygens (including phenoxy) is 1. The number of carboxylic acids is 1. The van der Waals surface area contributed by atoms with Crippen LogP contribution in [0.15, 0.2) is 88.1 Å². The standard InChI is InChI=1S/C25H22N4O6S.2Na/c26-25-18-7-2-1-6-17(18)23(36(32,33)34)14-21(25)29-28-16-11-12-20(27-15-16)19-8-3-4-9-22(19)35-13-5-10-24(30)31;;/h1-4,6-9,11-12,14-15H,5,10,13,26H2,(H,30,31)(H,32,33,34);;/q;2*+1/p-2. The third-order valence-electron chi connectivity index (χ3n) is 5.26. The van der Waals surface area contributed by atoms with Crippen molar-refractivity contribution in [2.45, 2.75) is 17.7 Å². The van der Waals surface area contributed by atoms with Crippen LogP contribution in [0.5, 0.6) is 5.75 Å². The van der Waals surface area contributed by atoms with Crippen molar-refractivity contribution in [3.8, 4) is 17.0 Å². The molecule has 0 atom stereocenters. The molecule has 0 bridgehead atoms. The van der Waals surface area contributed by atoms with E-state index in [1.807, 2.05) is 12.1 Å². The van der Waals surface area contributed by atoms with Crippen molar-refractivity contribution in [2.24, 2.45) is 10.2 Å². The summed E-state index contributed by atoms with van der Waals surface area (Å²) < 4.78 is 41.0. The molecule has 3 aromatic carbocycles. The van der Waals surface area contributed by atoms with Crippen LogP contribution in [-0.2, 0) is 14.9 Å². The summed E-state index contributed by atoms with van der Waals surface area (Å²) in [5, 5.41) is 19.3. The van der Waals surface area contributed by atoms with Gasteiger partial charge in [-0.1, -0.05) is 36.4 Å². The van der Waals surface area contributed by atoms with Gasteiger partial charge in [-0.25, -0.2) is 8.42 Å². The number of carbonyl (C=O) groups is 1. The third-order valence-corrected chi connectivity index (χ3v) is 6.14. The van der Waals surface area contributed by atoms with Crippen molar-refractivity contribution in [1.29, 1.82) is 0 Å². The molecule has 2 N–H and O–H groups in total. The van der Waals surface area contributed by atoms with E-state index in [1.165, 1.54) is 12.3 Å². The molecular weight excluding hydrogens is 530 g/mol. The Morgan fingerprint density at radius 3 is 2.32 bits per heavy atom. The zero-order chi connectivity index (χ0) is 25.7. The van der Waals surface area contributed by atoms with Gasteiger partial charge in [-0.2, -0.15) is 0 Å². The molecule has 0 aliphatic carbocycles. The summed E-state index contributed by atoms with van der Waals surface area (Å²) in [5.41, 5.74) is 8.06. The number of hydrogen-bond donors (Lipinski definition) is 1. The molecule has 10 nitrogen and oxygen atoms in total. The quantitative estimate of drug-likeness (QED) is 0.0799. The Balaban J connectivity index is 0.00000253. The molecule has 0 aliphatic heterocycles. The number of rotatable bonds is 9. The van der Waals surface area contributed by atoms with Gasteiger partial charge in [0.1, 0.15) is 27.2 Å². The summed E-state index contributed by atoms with van der Waals surface area (Å²) >= 11 is 0. The number of hydrogen-bond acceptors (Lipinski definition) is 10. The number of benzene rings is 3. The number of para-hydroxylation sites is 1. The van der Waals surface area contributed by atoms with E-state index in [1.54, 1.807) is 42.5 Å². The third kappa shape index (κ3) is 7.84. The van der Waals surface area contributed by atoms with E-state index < -0.39 is 21.0 Å². The SMILES string of the molecule is Nc1c(N=Nc2ccc(-c3ccccc3OCCCC(=O)[O-])nc2)cc(S(=O)(=O)[O-])c2ccccc12.[Na+].[Na+]. The van der Waals surface area contributed by atoms with Crippen LogP contribution in [0.4, 0.5) is 17.1 Å². The summed E-state index contributed by atoms with van der Waals surface area (Å²) in [6, 6.07) is 18.1. The van der Waals surface area contributed by atoms with Gasteiger partial charge in [-0.05, 0) is 43.2 Å². The van der Waals surface area contributed by atoms with Crippen molar-refractivity contribution in [3.05, 3.63) is 72.9 Å². The Bertz CT molecular complexity index is 1560. The molecule has 0 unspecified atom stereocenters.